The lowest BCUT2D eigenvalue weighted by molar-refractivity contribution is -0.907. The maximum absolute atomic E-state index is 9.94. The van der Waals surface area contributed by atoms with E-state index in [1.54, 1.807) is 6.92 Å². The fourth-order valence-corrected chi connectivity index (χ4v) is 0.806. The van der Waals surface area contributed by atoms with Crippen molar-refractivity contribution in [3.05, 3.63) is 30.3 Å². The van der Waals surface area contributed by atoms with Gasteiger partial charge in [-0.1, -0.05) is 82.1 Å². The van der Waals surface area contributed by atoms with Crippen molar-refractivity contribution in [1.82, 2.24) is 17.4 Å². The molecule has 0 aliphatic heterocycles. The van der Waals surface area contributed by atoms with E-state index in [2.05, 4.69) is 4.84 Å². The number of hydrogen-bond acceptors (Lipinski definition) is 9. The molecule has 13 nitrogen and oxygen atoms in total. The topological polar surface area (TPSA) is 212 Å². The molecule has 29 heavy (non-hydrogen) atoms. The van der Waals surface area contributed by atoms with Gasteiger partial charge in [-0.2, -0.15) is 0 Å². The van der Waals surface area contributed by atoms with Crippen molar-refractivity contribution in [2.24, 2.45) is 0 Å². The number of hydrogen-bond donors (Lipinski definition) is 2. The Kier molecular flexibility index (Phi) is 97.8. The molecule has 0 spiro atoms. The summed E-state index contributed by atoms with van der Waals surface area (Å²) in [6.07, 6.45) is 2.81. The molecule has 6 N–H and O–H groups in total. The standard InChI is InChI=1S/C4H9N3O4.C4H9NO3.4C2H6.2H3N/c1-2-3-4-5(6(8)9)7(10)11;1-2-3-4-8-5(6)7;4*1-2;;/h2-4H2,1H3;2-4H2,1H3;4*1-2H3;2*1H3. The van der Waals surface area contributed by atoms with Crippen LogP contribution in [0.25, 0.3) is 0 Å². The third-order valence-electron chi connectivity index (χ3n) is 1.78. The van der Waals surface area contributed by atoms with Gasteiger partial charge >= 0.3 is 0 Å². The largest absolute Gasteiger partial charge is 0.344 e. The van der Waals surface area contributed by atoms with Crippen molar-refractivity contribution in [2.45, 2.75) is 94.9 Å². The molecule has 0 aromatic heterocycles. The van der Waals surface area contributed by atoms with Gasteiger partial charge in [0.15, 0.2) is 5.12 Å². The van der Waals surface area contributed by atoms with Crippen molar-refractivity contribution in [2.75, 3.05) is 13.2 Å². The molecule has 184 valence electrons. The van der Waals surface area contributed by atoms with E-state index in [0.29, 0.717) is 12.8 Å². The van der Waals surface area contributed by atoms with Gasteiger partial charge in [-0.15, -0.1) is 10.1 Å². The third kappa shape index (κ3) is 66.8. The number of nitro groups is 2. The highest BCUT2D eigenvalue weighted by molar-refractivity contribution is 4.33. The van der Waals surface area contributed by atoms with Gasteiger partial charge in [0.2, 0.25) is 10.1 Å². The van der Waals surface area contributed by atoms with Gasteiger partial charge < -0.3 is 17.1 Å². The van der Waals surface area contributed by atoms with Crippen LogP contribution in [0.3, 0.4) is 0 Å². The SMILES string of the molecule is CC.CC.CC.CC.CCCCN([N+](=O)[O-])[N+](=O)[O-].CCCCO[N+](=O)[O-].N.N. The first kappa shape index (κ1) is 50.4. The van der Waals surface area contributed by atoms with Crippen LogP contribution in [0, 0.1) is 30.3 Å². The van der Waals surface area contributed by atoms with E-state index in [1.165, 1.54) is 0 Å². The summed E-state index contributed by atoms with van der Waals surface area (Å²) in [5.74, 6) is 0. The van der Waals surface area contributed by atoms with E-state index >= 15 is 0 Å². The molecule has 0 amide bonds. The highest BCUT2D eigenvalue weighted by Crippen LogP contribution is 1.94. The molecular weight excluding hydrogens is 388 g/mol. The Morgan fingerprint density at radius 2 is 1.00 bits per heavy atom. The van der Waals surface area contributed by atoms with Gasteiger partial charge in [-0.05, 0) is 12.8 Å². The van der Waals surface area contributed by atoms with Gasteiger partial charge in [-0.25, -0.2) is 20.2 Å². The third-order valence-corrected chi connectivity index (χ3v) is 1.78. The molecule has 0 atom stereocenters. The molecule has 0 saturated heterocycles. The molecule has 0 heterocycles. The van der Waals surface area contributed by atoms with Crippen LogP contribution in [0.2, 0.25) is 0 Å². The number of unbranched alkanes of at least 4 members (excludes halogenated alkanes) is 2. The van der Waals surface area contributed by atoms with E-state index in [9.17, 15) is 30.3 Å². The average molecular weight is 437 g/mol. The predicted octanol–water partition coefficient (Wildman–Crippen LogP) is 5.90. The van der Waals surface area contributed by atoms with Gasteiger partial charge in [0.1, 0.15) is 6.54 Å². The molecule has 0 radical (unpaired) electrons. The summed E-state index contributed by atoms with van der Waals surface area (Å²) < 4.78 is 0. The van der Waals surface area contributed by atoms with Crippen molar-refractivity contribution < 1.29 is 20.0 Å². The predicted molar refractivity (Wildman–Crippen MR) is 119 cm³/mol. The fraction of sp³-hybridized carbons (Fsp3) is 1.00. The summed E-state index contributed by atoms with van der Waals surface area (Å²) in [6, 6.07) is 0. The molecular formula is C16H48N6O7. The molecule has 0 unspecified atom stereocenters. The smallest absolute Gasteiger partial charge is 0.294 e. The van der Waals surface area contributed by atoms with Crippen LogP contribution in [-0.2, 0) is 4.84 Å². The minimum atomic E-state index is -1.02. The van der Waals surface area contributed by atoms with Crippen LogP contribution in [0.5, 0.6) is 0 Å². The van der Waals surface area contributed by atoms with Crippen molar-refractivity contribution in [1.29, 1.82) is 0 Å². The molecule has 0 aliphatic carbocycles. The summed E-state index contributed by atoms with van der Waals surface area (Å²) in [5.41, 5.74) is 0. The van der Waals surface area contributed by atoms with Crippen LogP contribution >= 0.6 is 0 Å². The molecule has 0 rings (SSSR count). The molecule has 0 aliphatic rings. The Labute approximate surface area is 176 Å². The maximum Gasteiger partial charge on any atom is 0.294 e. The van der Waals surface area contributed by atoms with Gasteiger partial charge in [-0.3, -0.25) is 0 Å². The normalized spacial score (nSPS) is 6.69. The second kappa shape index (κ2) is 56.2. The van der Waals surface area contributed by atoms with Crippen LogP contribution < -0.4 is 12.3 Å². The monoisotopic (exact) mass is 436 g/mol. The molecule has 0 bridgehead atoms. The van der Waals surface area contributed by atoms with E-state index in [-0.39, 0.29) is 30.6 Å². The summed E-state index contributed by atoms with van der Waals surface area (Å²) in [5, 5.41) is 26.5. The lowest BCUT2D eigenvalue weighted by Crippen LogP contribution is -2.36. The minimum absolute atomic E-state index is 0. The Hall–Kier alpha value is -2.28. The summed E-state index contributed by atoms with van der Waals surface area (Å²) >= 11 is 0. The van der Waals surface area contributed by atoms with E-state index in [1.807, 2.05) is 62.3 Å². The van der Waals surface area contributed by atoms with E-state index < -0.39 is 15.2 Å². The summed E-state index contributed by atoms with van der Waals surface area (Å²) in [6.45, 7) is 19.8. The average Bonchev–Trinajstić information content (AvgIpc) is 2.68. The zero-order valence-electron chi connectivity index (χ0n) is 20.3. The summed E-state index contributed by atoms with van der Waals surface area (Å²) in [4.78, 5) is 33.3. The number of rotatable bonds is 9. The van der Waals surface area contributed by atoms with Crippen molar-refractivity contribution in [3.8, 4) is 0 Å². The number of hydrazine groups is 2. The van der Waals surface area contributed by atoms with Crippen LogP contribution in [0.1, 0.15) is 94.9 Å². The Morgan fingerprint density at radius 3 is 1.21 bits per heavy atom. The molecule has 0 saturated carbocycles. The van der Waals surface area contributed by atoms with Gasteiger partial charge in [0.05, 0.1) is 6.61 Å². The van der Waals surface area contributed by atoms with Crippen molar-refractivity contribution >= 4 is 0 Å². The molecule has 0 fully saturated rings. The lowest BCUT2D eigenvalue weighted by atomic mass is 10.3. The van der Waals surface area contributed by atoms with Gasteiger partial charge in [0.25, 0.3) is 5.09 Å². The highest BCUT2D eigenvalue weighted by atomic mass is 16.9. The molecule has 0 aromatic rings. The minimum Gasteiger partial charge on any atom is -0.344 e. The first-order valence-electron chi connectivity index (χ1n) is 9.70. The van der Waals surface area contributed by atoms with Crippen LogP contribution in [0.4, 0.5) is 0 Å². The van der Waals surface area contributed by atoms with Crippen LogP contribution in [-0.4, -0.2) is 33.4 Å². The molecule has 13 heteroatoms. The zero-order valence-corrected chi connectivity index (χ0v) is 20.3. The van der Waals surface area contributed by atoms with Gasteiger partial charge in [0, 0.05) is 0 Å². The lowest BCUT2D eigenvalue weighted by Gasteiger charge is -2.00. The van der Waals surface area contributed by atoms with Crippen LogP contribution in [0.15, 0.2) is 0 Å². The fourth-order valence-electron chi connectivity index (χ4n) is 0.806. The maximum atomic E-state index is 9.94. The Bertz CT molecular complexity index is 285. The zero-order chi connectivity index (χ0) is 23.3. The first-order valence-corrected chi connectivity index (χ1v) is 9.70. The first-order chi connectivity index (χ1) is 12.9. The number of nitrogens with zero attached hydrogens (tertiary/aromatic N) is 4. The second-order valence-electron chi connectivity index (χ2n) is 3.34. The summed E-state index contributed by atoms with van der Waals surface area (Å²) in [7, 11) is 0. The molecule has 0 aromatic carbocycles. The highest BCUT2D eigenvalue weighted by Gasteiger charge is 2.25. The quantitative estimate of drug-likeness (QED) is 0.248. The Balaban J connectivity index is -0.0000000363. The second-order valence-corrected chi connectivity index (χ2v) is 3.34. The van der Waals surface area contributed by atoms with E-state index in [0.717, 1.165) is 12.8 Å². The Morgan fingerprint density at radius 1 is 0.690 bits per heavy atom. The van der Waals surface area contributed by atoms with Crippen molar-refractivity contribution in [3.63, 3.8) is 0 Å². The van der Waals surface area contributed by atoms with E-state index in [4.69, 9.17) is 0 Å².